The zero-order chi connectivity index (χ0) is 40.2. The first-order valence-electron chi connectivity index (χ1n) is 18.7. The highest BCUT2D eigenvalue weighted by Crippen LogP contribution is 2.38. The number of rotatable bonds is 10. The highest BCUT2D eigenvalue weighted by molar-refractivity contribution is 6.35. The minimum absolute atomic E-state index is 0.0836. The Bertz CT molecular complexity index is 2600. The zero-order valence-electron chi connectivity index (χ0n) is 31.8. The number of carbonyl (C=O) groups is 4. The number of aromatic nitrogens is 2. The van der Waals surface area contributed by atoms with Crippen LogP contribution in [0.15, 0.2) is 103 Å². The monoisotopic (exact) mass is 758 g/mol. The average molecular weight is 759 g/mol. The molecule has 2 aliphatic rings. The standard InChI is InChI=1S/C24H22N2O3.C23H20N2O3/c1-14-18(10-11-23(27)28)15(2)25-21(14)13-20-19-9-8-17(12-22(19)26-24(20)29)16-6-4-3-5-7-16;1-14-17(8-10-22(26)27)13-24-20(14)12-19-18-9-7-16(11-21(18)25-23(19)28)15-5-3-2-4-6-15/h3-9,12-13,25H,10-11H2,1-2H3,(H,26,29)(H,27,28);2-7,9,11-13,24H,8,10H2,1H3,(H,25,28)(H,26,27). The lowest BCUT2D eigenvalue weighted by Crippen LogP contribution is -2.03. The smallest absolute Gasteiger partial charge is 0.303 e. The molecule has 0 saturated heterocycles. The quantitative estimate of drug-likeness (QED) is 0.0763. The number of carbonyl (C=O) groups excluding carboxylic acids is 2. The molecule has 0 atom stereocenters. The molecule has 286 valence electrons. The molecule has 2 aromatic heterocycles. The maximum absolute atomic E-state index is 12.6. The van der Waals surface area contributed by atoms with Gasteiger partial charge in [0.2, 0.25) is 0 Å². The molecule has 4 aromatic carbocycles. The van der Waals surface area contributed by atoms with Gasteiger partial charge in [0, 0.05) is 58.6 Å². The van der Waals surface area contributed by atoms with E-state index in [2.05, 4.69) is 20.6 Å². The first-order chi connectivity index (χ1) is 27.5. The van der Waals surface area contributed by atoms with E-state index in [1.807, 2.05) is 136 Å². The van der Waals surface area contributed by atoms with Crippen LogP contribution in [0.2, 0.25) is 0 Å². The van der Waals surface area contributed by atoms with Crippen molar-refractivity contribution in [1.82, 2.24) is 9.97 Å². The van der Waals surface area contributed by atoms with Crippen LogP contribution in [0.25, 0.3) is 45.6 Å². The summed E-state index contributed by atoms with van der Waals surface area (Å²) in [5.41, 5.74) is 15.3. The van der Waals surface area contributed by atoms with Gasteiger partial charge in [-0.05, 0) is 102 Å². The summed E-state index contributed by atoms with van der Waals surface area (Å²) in [6.45, 7) is 5.83. The fourth-order valence-corrected chi connectivity index (χ4v) is 7.36. The Balaban J connectivity index is 0.000000174. The van der Waals surface area contributed by atoms with Crippen LogP contribution in [-0.4, -0.2) is 43.9 Å². The van der Waals surface area contributed by atoms with E-state index < -0.39 is 11.9 Å². The molecule has 0 saturated carbocycles. The minimum atomic E-state index is -0.821. The molecule has 4 heterocycles. The van der Waals surface area contributed by atoms with E-state index in [1.54, 1.807) is 0 Å². The molecule has 0 unspecified atom stereocenters. The van der Waals surface area contributed by atoms with Gasteiger partial charge in [-0.2, -0.15) is 0 Å². The number of H-pyrrole nitrogens is 2. The molecule has 0 spiro atoms. The van der Waals surface area contributed by atoms with Crippen molar-refractivity contribution in [2.45, 2.75) is 46.5 Å². The summed E-state index contributed by atoms with van der Waals surface area (Å²) in [5.74, 6) is -1.91. The van der Waals surface area contributed by atoms with Crippen LogP contribution >= 0.6 is 0 Å². The number of hydrogen-bond donors (Lipinski definition) is 6. The summed E-state index contributed by atoms with van der Waals surface area (Å²) in [6.07, 6.45) is 6.61. The largest absolute Gasteiger partial charge is 0.481 e. The highest BCUT2D eigenvalue weighted by Gasteiger charge is 2.27. The molecule has 10 nitrogen and oxygen atoms in total. The molecule has 2 amide bonds. The van der Waals surface area contributed by atoms with Crippen molar-refractivity contribution in [3.05, 3.63) is 154 Å². The van der Waals surface area contributed by atoms with Gasteiger partial charge in [-0.15, -0.1) is 0 Å². The number of nitrogens with one attached hydrogen (secondary N) is 4. The summed E-state index contributed by atoms with van der Waals surface area (Å²) in [6, 6.07) is 32.0. The Morgan fingerprint density at radius 1 is 0.596 bits per heavy atom. The number of aliphatic carboxylic acids is 2. The van der Waals surface area contributed by atoms with Crippen molar-refractivity contribution in [2.75, 3.05) is 10.6 Å². The fourth-order valence-electron chi connectivity index (χ4n) is 7.36. The van der Waals surface area contributed by atoms with Crippen LogP contribution in [0.3, 0.4) is 0 Å². The Hall–Kier alpha value is -7.20. The molecule has 2 aliphatic heterocycles. The van der Waals surface area contributed by atoms with Crippen LogP contribution in [-0.2, 0) is 32.0 Å². The number of carboxylic acid groups (broad SMARTS) is 2. The van der Waals surface area contributed by atoms with Gasteiger partial charge in [0.1, 0.15) is 0 Å². The second kappa shape index (κ2) is 16.3. The van der Waals surface area contributed by atoms with E-state index in [4.69, 9.17) is 10.2 Å². The number of benzene rings is 4. The Kier molecular flexibility index (Phi) is 10.9. The molecule has 6 aromatic rings. The van der Waals surface area contributed by atoms with E-state index in [-0.39, 0.29) is 24.7 Å². The van der Waals surface area contributed by atoms with Crippen LogP contribution in [0.4, 0.5) is 11.4 Å². The molecule has 0 radical (unpaired) electrons. The van der Waals surface area contributed by atoms with E-state index in [1.165, 1.54) is 0 Å². The molecule has 0 bridgehead atoms. The first-order valence-corrected chi connectivity index (χ1v) is 18.7. The van der Waals surface area contributed by atoms with Crippen molar-refractivity contribution in [3.8, 4) is 22.3 Å². The van der Waals surface area contributed by atoms with E-state index in [0.29, 0.717) is 24.0 Å². The second-order valence-corrected chi connectivity index (χ2v) is 14.2. The third-order valence-corrected chi connectivity index (χ3v) is 10.5. The normalized spacial score (nSPS) is 14.2. The number of fused-ring (bicyclic) bond motifs is 2. The lowest BCUT2D eigenvalue weighted by molar-refractivity contribution is -0.138. The van der Waals surface area contributed by atoms with Gasteiger partial charge in [-0.25, -0.2) is 0 Å². The van der Waals surface area contributed by atoms with Crippen LogP contribution < -0.4 is 10.6 Å². The summed E-state index contributed by atoms with van der Waals surface area (Å²) in [4.78, 5) is 53.4. The second-order valence-electron chi connectivity index (χ2n) is 14.2. The van der Waals surface area contributed by atoms with Gasteiger partial charge in [0.25, 0.3) is 11.8 Å². The number of aromatic amines is 2. The van der Waals surface area contributed by atoms with Crippen molar-refractivity contribution < 1.29 is 29.4 Å². The maximum Gasteiger partial charge on any atom is 0.303 e. The topological polar surface area (TPSA) is 164 Å². The van der Waals surface area contributed by atoms with Gasteiger partial charge >= 0.3 is 11.9 Å². The van der Waals surface area contributed by atoms with Gasteiger partial charge in [-0.3, -0.25) is 19.2 Å². The van der Waals surface area contributed by atoms with Gasteiger partial charge in [-0.1, -0.05) is 84.9 Å². The number of carboxylic acids is 2. The van der Waals surface area contributed by atoms with Gasteiger partial charge < -0.3 is 30.8 Å². The lowest BCUT2D eigenvalue weighted by Gasteiger charge is -2.05. The number of anilines is 2. The lowest BCUT2D eigenvalue weighted by atomic mass is 9.99. The zero-order valence-corrected chi connectivity index (χ0v) is 31.8. The van der Waals surface area contributed by atoms with Gasteiger partial charge in [0.05, 0.1) is 11.1 Å². The molecule has 8 rings (SSSR count). The maximum atomic E-state index is 12.6. The number of amides is 2. The van der Waals surface area contributed by atoms with Crippen molar-refractivity contribution in [1.29, 1.82) is 0 Å². The van der Waals surface area contributed by atoms with Gasteiger partial charge in [0.15, 0.2) is 0 Å². The molecule has 6 N–H and O–H groups in total. The summed E-state index contributed by atoms with van der Waals surface area (Å²) < 4.78 is 0. The Morgan fingerprint density at radius 3 is 1.60 bits per heavy atom. The molecule has 0 fully saturated rings. The summed E-state index contributed by atoms with van der Waals surface area (Å²) >= 11 is 0. The SMILES string of the molecule is Cc1[nH]c(C=C2C(=O)Nc3cc(-c4ccccc4)ccc32)c(C)c1CCC(=O)O.Cc1c(CCC(=O)O)c[nH]c1C=C1C(=O)Nc2cc(-c3ccccc3)ccc21. The fraction of sp³-hybridized carbons (Fsp3) is 0.149. The van der Waals surface area contributed by atoms with E-state index in [9.17, 15) is 19.2 Å². The van der Waals surface area contributed by atoms with E-state index >= 15 is 0 Å². The van der Waals surface area contributed by atoms with Crippen LogP contribution in [0, 0.1) is 20.8 Å². The third-order valence-electron chi connectivity index (χ3n) is 10.5. The average Bonchev–Trinajstić information content (AvgIpc) is 3.90. The molecule has 0 aliphatic carbocycles. The molecular formula is C47H42N4O6. The first kappa shape index (κ1) is 38.1. The highest BCUT2D eigenvalue weighted by atomic mass is 16.4. The molecule has 57 heavy (non-hydrogen) atoms. The summed E-state index contributed by atoms with van der Waals surface area (Å²) in [5, 5.41) is 23.7. The minimum Gasteiger partial charge on any atom is -0.481 e. The predicted molar refractivity (Wildman–Crippen MR) is 224 cm³/mol. The number of aryl methyl sites for hydroxylation is 2. The van der Waals surface area contributed by atoms with Crippen LogP contribution in [0.1, 0.15) is 63.3 Å². The summed E-state index contributed by atoms with van der Waals surface area (Å²) in [7, 11) is 0. The number of hydrogen-bond acceptors (Lipinski definition) is 4. The van der Waals surface area contributed by atoms with Crippen molar-refractivity contribution in [3.63, 3.8) is 0 Å². The Labute approximate surface area is 330 Å². The third kappa shape index (κ3) is 8.25. The molecule has 10 heteroatoms. The Morgan fingerprint density at radius 2 is 1.09 bits per heavy atom. The van der Waals surface area contributed by atoms with Crippen LogP contribution in [0.5, 0.6) is 0 Å². The molecular weight excluding hydrogens is 717 g/mol. The van der Waals surface area contributed by atoms with Crippen molar-refractivity contribution in [2.24, 2.45) is 0 Å². The van der Waals surface area contributed by atoms with E-state index in [0.717, 1.165) is 84.1 Å². The van der Waals surface area contributed by atoms with Crippen molar-refractivity contribution >= 4 is 58.4 Å². The predicted octanol–water partition coefficient (Wildman–Crippen LogP) is 9.31.